The second kappa shape index (κ2) is 3.37. The van der Waals surface area contributed by atoms with Crippen LogP contribution in [0.4, 0.5) is 0 Å². The van der Waals surface area contributed by atoms with Crippen molar-refractivity contribution in [3.05, 3.63) is 17.0 Å². The molecule has 86 valence electrons. The Morgan fingerprint density at radius 2 is 2.06 bits per heavy atom. The number of fused-ring (bicyclic) bond motifs is 1. The lowest BCUT2D eigenvalue weighted by Crippen LogP contribution is -2.05. The molecule has 0 atom stereocenters. The van der Waals surface area contributed by atoms with Gasteiger partial charge in [-0.15, -0.1) is 5.10 Å². The topological polar surface area (TPSA) is 68.3 Å². The molecule has 0 fully saturated rings. The van der Waals surface area contributed by atoms with Gasteiger partial charge in [0.25, 0.3) is 0 Å². The van der Waals surface area contributed by atoms with E-state index in [9.17, 15) is 4.79 Å². The van der Waals surface area contributed by atoms with E-state index in [-0.39, 0.29) is 11.8 Å². The van der Waals surface area contributed by atoms with Crippen LogP contribution in [0.1, 0.15) is 41.7 Å². The summed E-state index contributed by atoms with van der Waals surface area (Å²) in [5.41, 5.74) is 1.99. The number of hydrogen-bond donors (Lipinski definition) is 1. The third kappa shape index (κ3) is 1.31. The van der Waals surface area contributed by atoms with E-state index >= 15 is 0 Å². The minimum absolute atomic E-state index is 0.0171. The Kier molecular flexibility index (Phi) is 2.26. The van der Waals surface area contributed by atoms with Crippen molar-refractivity contribution in [3.63, 3.8) is 0 Å². The van der Waals surface area contributed by atoms with Gasteiger partial charge in [-0.1, -0.05) is 0 Å². The molecule has 0 amide bonds. The average Bonchev–Trinajstić information content (AvgIpc) is 2.66. The lowest BCUT2D eigenvalue weighted by atomic mass is 10.2. The summed E-state index contributed by atoms with van der Waals surface area (Å²) in [6.45, 7) is 7.71. The first-order valence-corrected chi connectivity index (χ1v) is 5.15. The SMILES string of the molecule is Cc1c(C(=O)O)oc2nn(C(C)C)c(C)c12. The molecule has 0 spiro atoms. The first-order valence-electron chi connectivity index (χ1n) is 5.15. The Hall–Kier alpha value is -1.78. The molecular formula is C11H14N2O3. The van der Waals surface area contributed by atoms with Gasteiger partial charge in [-0.05, 0) is 27.7 Å². The molecule has 2 rings (SSSR count). The number of carboxylic acids is 1. The molecule has 0 aromatic carbocycles. The van der Waals surface area contributed by atoms with Gasteiger partial charge in [-0.2, -0.15) is 0 Å². The van der Waals surface area contributed by atoms with Gasteiger partial charge in [0, 0.05) is 17.3 Å². The molecular weight excluding hydrogens is 208 g/mol. The molecule has 0 unspecified atom stereocenters. The van der Waals surface area contributed by atoms with Crippen LogP contribution in [0.15, 0.2) is 4.42 Å². The fourth-order valence-corrected chi connectivity index (χ4v) is 1.99. The molecule has 0 saturated carbocycles. The Bertz CT molecular complexity index is 563. The van der Waals surface area contributed by atoms with E-state index in [1.54, 1.807) is 6.92 Å². The van der Waals surface area contributed by atoms with Gasteiger partial charge in [0.05, 0.1) is 5.39 Å². The minimum Gasteiger partial charge on any atom is -0.475 e. The van der Waals surface area contributed by atoms with Crippen LogP contribution < -0.4 is 0 Å². The Morgan fingerprint density at radius 3 is 2.50 bits per heavy atom. The summed E-state index contributed by atoms with van der Waals surface area (Å²) in [5.74, 6) is -1.07. The largest absolute Gasteiger partial charge is 0.475 e. The van der Waals surface area contributed by atoms with Gasteiger partial charge in [-0.25, -0.2) is 4.79 Å². The van der Waals surface area contributed by atoms with Crippen LogP contribution in [-0.2, 0) is 0 Å². The highest BCUT2D eigenvalue weighted by Crippen LogP contribution is 2.28. The van der Waals surface area contributed by atoms with Crippen molar-refractivity contribution in [2.45, 2.75) is 33.7 Å². The molecule has 0 aliphatic carbocycles. The number of rotatable bonds is 2. The maximum atomic E-state index is 10.9. The van der Waals surface area contributed by atoms with Crippen molar-refractivity contribution in [1.82, 2.24) is 9.78 Å². The van der Waals surface area contributed by atoms with Crippen molar-refractivity contribution in [1.29, 1.82) is 0 Å². The number of furan rings is 1. The summed E-state index contributed by atoms with van der Waals surface area (Å²) in [5, 5.41) is 14.0. The van der Waals surface area contributed by atoms with Gasteiger partial charge in [0.1, 0.15) is 0 Å². The minimum atomic E-state index is -1.05. The second-order valence-corrected chi connectivity index (χ2v) is 4.17. The molecule has 1 N–H and O–H groups in total. The number of hydrogen-bond acceptors (Lipinski definition) is 3. The van der Waals surface area contributed by atoms with Crippen LogP contribution >= 0.6 is 0 Å². The zero-order valence-electron chi connectivity index (χ0n) is 9.74. The van der Waals surface area contributed by atoms with E-state index in [2.05, 4.69) is 5.10 Å². The monoisotopic (exact) mass is 222 g/mol. The number of aryl methyl sites for hydroxylation is 2. The van der Waals surface area contributed by atoms with Crippen LogP contribution in [-0.4, -0.2) is 20.9 Å². The smallest absolute Gasteiger partial charge is 0.372 e. The van der Waals surface area contributed by atoms with Crippen LogP contribution in [0.5, 0.6) is 0 Å². The van der Waals surface area contributed by atoms with Crippen molar-refractivity contribution in [3.8, 4) is 0 Å². The third-order valence-electron chi connectivity index (χ3n) is 2.72. The molecule has 0 aliphatic rings. The van der Waals surface area contributed by atoms with Crippen molar-refractivity contribution in [2.75, 3.05) is 0 Å². The van der Waals surface area contributed by atoms with Crippen molar-refractivity contribution >= 4 is 17.1 Å². The molecule has 5 nitrogen and oxygen atoms in total. The maximum Gasteiger partial charge on any atom is 0.372 e. The molecule has 2 aromatic heterocycles. The summed E-state index contributed by atoms with van der Waals surface area (Å²) in [6.07, 6.45) is 0. The van der Waals surface area contributed by atoms with Crippen LogP contribution in [0.3, 0.4) is 0 Å². The fraction of sp³-hybridized carbons (Fsp3) is 0.455. The quantitative estimate of drug-likeness (QED) is 0.847. The molecule has 0 saturated heterocycles. The molecule has 0 radical (unpaired) electrons. The summed E-state index contributed by atoms with van der Waals surface area (Å²) >= 11 is 0. The van der Waals surface area contributed by atoms with E-state index in [0.29, 0.717) is 11.3 Å². The summed E-state index contributed by atoms with van der Waals surface area (Å²) in [4.78, 5) is 10.9. The molecule has 0 bridgehead atoms. The summed E-state index contributed by atoms with van der Waals surface area (Å²) < 4.78 is 7.08. The first-order chi connectivity index (χ1) is 7.43. The van der Waals surface area contributed by atoms with Gasteiger partial charge in [-0.3, -0.25) is 4.68 Å². The van der Waals surface area contributed by atoms with Crippen molar-refractivity contribution in [2.24, 2.45) is 0 Å². The highest BCUT2D eigenvalue weighted by Gasteiger charge is 2.22. The highest BCUT2D eigenvalue weighted by molar-refractivity contribution is 5.94. The predicted molar refractivity (Wildman–Crippen MR) is 58.8 cm³/mol. The van der Waals surface area contributed by atoms with Crippen LogP contribution in [0.25, 0.3) is 11.1 Å². The van der Waals surface area contributed by atoms with Crippen molar-refractivity contribution < 1.29 is 14.3 Å². The van der Waals surface area contributed by atoms with Crippen LogP contribution in [0, 0.1) is 13.8 Å². The Morgan fingerprint density at radius 1 is 1.44 bits per heavy atom. The number of aromatic nitrogens is 2. The van der Waals surface area contributed by atoms with Gasteiger partial charge >= 0.3 is 5.97 Å². The molecule has 2 heterocycles. The van der Waals surface area contributed by atoms with E-state index in [1.807, 2.05) is 25.5 Å². The first kappa shape index (κ1) is 10.7. The summed E-state index contributed by atoms with van der Waals surface area (Å²) in [7, 11) is 0. The van der Waals surface area contributed by atoms with E-state index in [0.717, 1.165) is 11.1 Å². The number of aromatic carboxylic acids is 1. The standard InChI is InChI=1S/C11H14N2O3/c1-5(2)13-7(4)8-6(3)9(11(14)15)16-10(8)12-13/h5H,1-4H3,(H,14,15). The third-order valence-corrected chi connectivity index (χ3v) is 2.72. The fourth-order valence-electron chi connectivity index (χ4n) is 1.99. The predicted octanol–water partition coefficient (Wildman–Crippen LogP) is 2.53. The zero-order valence-corrected chi connectivity index (χ0v) is 9.74. The van der Waals surface area contributed by atoms with E-state index in [1.165, 1.54) is 0 Å². The lowest BCUT2D eigenvalue weighted by molar-refractivity contribution is 0.0663. The Labute approximate surface area is 92.7 Å². The van der Waals surface area contributed by atoms with Gasteiger partial charge < -0.3 is 9.52 Å². The zero-order chi connectivity index (χ0) is 12.0. The average molecular weight is 222 g/mol. The second-order valence-electron chi connectivity index (χ2n) is 4.17. The van der Waals surface area contributed by atoms with E-state index < -0.39 is 5.97 Å². The summed E-state index contributed by atoms with van der Waals surface area (Å²) in [6, 6.07) is 0.232. The van der Waals surface area contributed by atoms with Crippen LogP contribution in [0.2, 0.25) is 0 Å². The normalized spacial score (nSPS) is 11.6. The highest BCUT2D eigenvalue weighted by atomic mass is 16.4. The molecule has 5 heteroatoms. The number of carbonyl (C=O) groups is 1. The maximum absolute atomic E-state index is 10.9. The lowest BCUT2D eigenvalue weighted by Gasteiger charge is -2.07. The van der Waals surface area contributed by atoms with Gasteiger partial charge in [0.2, 0.25) is 11.5 Å². The molecule has 16 heavy (non-hydrogen) atoms. The number of carboxylic acid groups (broad SMARTS) is 1. The Balaban J connectivity index is 2.74. The molecule has 0 aliphatic heterocycles. The number of nitrogens with zero attached hydrogens (tertiary/aromatic N) is 2. The van der Waals surface area contributed by atoms with E-state index in [4.69, 9.17) is 9.52 Å². The molecule has 2 aromatic rings. The van der Waals surface area contributed by atoms with Gasteiger partial charge in [0.15, 0.2) is 0 Å².